The molecule has 1 aromatic heterocycles. The van der Waals surface area contributed by atoms with Gasteiger partial charge in [-0.3, -0.25) is 9.89 Å². The third-order valence-corrected chi connectivity index (χ3v) is 3.57. The molecule has 0 unspecified atom stereocenters. The number of hydrogen-bond acceptors (Lipinski definition) is 2. The summed E-state index contributed by atoms with van der Waals surface area (Å²) in [5.74, 6) is -0.127. The van der Waals surface area contributed by atoms with Gasteiger partial charge in [0, 0.05) is 17.8 Å². The number of amides is 1. The molecule has 0 aliphatic carbocycles. The van der Waals surface area contributed by atoms with Crippen molar-refractivity contribution >= 4 is 5.91 Å². The molecular weight excluding hydrogens is 250 g/mol. The second-order valence-corrected chi connectivity index (χ2v) is 5.10. The SMILES string of the molecule is Cc1n[nH]c(C)c1[C@@H](C)C(=O)NCCc1ccccc1. The van der Waals surface area contributed by atoms with Gasteiger partial charge in [-0.2, -0.15) is 5.10 Å². The van der Waals surface area contributed by atoms with E-state index in [-0.39, 0.29) is 11.8 Å². The van der Waals surface area contributed by atoms with Gasteiger partial charge in [0.25, 0.3) is 0 Å². The highest BCUT2D eigenvalue weighted by Gasteiger charge is 2.20. The predicted molar refractivity (Wildman–Crippen MR) is 79.6 cm³/mol. The van der Waals surface area contributed by atoms with Gasteiger partial charge in [-0.05, 0) is 32.8 Å². The maximum absolute atomic E-state index is 12.2. The van der Waals surface area contributed by atoms with Gasteiger partial charge in [0.1, 0.15) is 0 Å². The molecule has 0 aliphatic rings. The highest BCUT2D eigenvalue weighted by atomic mass is 16.1. The number of nitrogens with one attached hydrogen (secondary N) is 2. The van der Waals surface area contributed by atoms with Crippen LogP contribution in [0.4, 0.5) is 0 Å². The number of aromatic nitrogens is 2. The minimum Gasteiger partial charge on any atom is -0.355 e. The summed E-state index contributed by atoms with van der Waals surface area (Å²) in [6, 6.07) is 10.2. The number of carbonyl (C=O) groups is 1. The topological polar surface area (TPSA) is 57.8 Å². The molecule has 4 heteroatoms. The Morgan fingerprint density at radius 3 is 2.60 bits per heavy atom. The van der Waals surface area contributed by atoms with E-state index in [4.69, 9.17) is 0 Å². The lowest BCUT2D eigenvalue weighted by Crippen LogP contribution is -2.30. The normalized spacial score (nSPS) is 12.2. The van der Waals surface area contributed by atoms with Gasteiger partial charge in [-0.1, -0.05) is 30.3 Å². The Morgan fingerprint density at radius 1 is 1.30 bits per heavy atom. The molecule has 0 radical (unpaired) electrons. The van der Waals surface area contributed by atoms with Crippen LogP contribution in [0.15, 0.2) is 30.3 Å². The lowest BCUT2D eigenvalue weighted by Gasteiger charge is -2.12. The van der Waals surface area contributed by atoms with Gasteiger partial charge in [-0.25, -0.2) is 0 Å². The summed E-state index contributed by atoms with van der Waals surface area (Å²) in [6.07, 6.45) is 0.850. The van der Waals surface area contributed by atoms with Gasteiger partial charge in [0.2, 0.25) is 5.91 Å². The van der Waals surface area contributed by atoms with E-state index in [0.717, 1.165) is 23.4 Å². The Balaban J connectivity index is 1.89. The second-order valence-electron chi connectivity index (χ2n) is 5.10. The fourth-order valence-electron chi connectivity index (χ4n) is 2.46. The molecule has 2 rings (SSSR count). The van der Waals surface area contributed by atoms with Crippen LogP contribution in [0.5, 0.6) is 0 Å². The Morgan fingerprint density at radius 2 is 2.00 bits per heavy atom. The monoisotopic (exact) mass is 271 g/mol. The van der Waals surface area contributed by atoms with Crippen molar-refractivity contribution in [2.24, 2.45) is 0 Å². The third-order valence-electron chi connectivity index (χ3n) is 3.57. The largest absolute Gasteiger partial charge is 0.355 e. The number of hydrogen-bond donors (Lipinski definition) is 2. The van der Waals surface area contributed by atoms with E-state index in [9.17, 15) is 4.79 Å². The second kappa shape index (κ2) is 6.37. The van der Waals surface area contributed by atoms with Gasteiger partial charge in [-0.15, -0.1) is 0 Å². The van der Waals surface area contributed by atoms with Crippen LogP contribution in [0.1, 0.15) is 35.4 Å². The van der Waals surface area contributed by atoms with Crippen LogP contribution in [0.2, 0.25) is 0 Å². The van der Waals surface area contributed by atoms with Crippen LogP contribution >= 0.6 is 0 Å². The zero-order valence-electron chi connectivity index (χ0n) is 12.2. The Bertz CT molecular complexity index is 555. The van der Waals surface area contributed by atoms with Crippen molar-refractivity contribution in [3.63, 3.8) is 0 Å². The molecule has 1 atom stereocenters. The van der Waals surface area contributed by atoms with E-state index in [1.54, 1.807) is 0 Å². The molecule has 0 saturated heterocycles. The zero-order valence-corrected chi connectivity index (χ0v) is 12.2. The first-order valence-corrected chi connectivity index (χ1v) is 6.92. The smallest absolute Gasteiger partial charge is 0.227 e. The summed E-state index contributed by atoms with van der Waals surface area (Å²) in [7, 11) is 0. The molecule has 0 aliphatic heterocycles. The van der Waals surface area contributed by atoms with E-state index >= 15 is 0 Å². The van der Waals surface area contributed by atoms with Crippen molar-refractivity contribution in [2.45, 2.75) is 33.1 Å². The average Bonchev–Trinajstić information content (AvgIpc) is 2.78. The molecule has 2 aromatic rings. The van der Waals surface area contributed by atoms with Crippen LogP contribution in [0, 0.1) is 13.8 Å². The summed E-state index contributed by atoms with van der Waals surface area (Å²) < 4.78 is 0. The Kier molecular flexibility index (Phi) is 4.56. The van der Waals surface area contributed by atoms with E-state index in [0.29, 0.717) is 6.54 Å². The summed E-state index contributed by atoms with van der Waals surface area (Å²) in [5.41, 5.74) is 4.10. The number of benzene rings is 1. The van der Waals surface area contributed by atoms with Crippen LogP contribution in [-0.2, 0) is 11.2 Å². The highest BCUT2D eigenvalue weighted by Crippen LogP contribution is 2.21. The van der Waals surface area contributed by atoms with Crippen LogP contribution in [0.25, 0.3) is 0 Å². The van der Waals surface area contributed by atoms with Gasteiger partial charge in [0.15, 0.2) is 0 Å². The fourth-order valence-corrected chi connectivity index (χ4v) is 2.46. The molecule has 106 valence electrons. The number of H-pyrrole nitrogens is 1. The zero-order chi connectivity index (χ0) is 14.5. The van der Waals surface area contributed by atoms with Gasteiger partial charge >= 0.3 is 0 Å². The van der Waals surface area contributed by atoms with Gasteiger partial charge in [0.05, 0.1) is 11.6 Å². The molecule has 0 spiro atoms. The fraction of sp³-hybridized carbons (Fsp3) is 0.375. The number of nitrogens with zero attached hydrogens (tertiary/aromatic N) is 1. The Labute approximate surface area is 119 Å². The minimum atomic E-state index is -0.176. The first kappa shape index (κ1) is 14.3. The maximum Gasteiger partial charge on any atom is 0.227 e. The lowest BCUT2D eigenvalue weighted by molar-refractivity contribution is -0.122. The Hall–Kier alpha value is -2.10. The molecule has 1 amide bonds. The van der Waals surface area contributed by atoms with E-state index in [1.165, 1.54) is 5.56 Å². The van der Waals surface area contributed by atoms with Crippen LogP contribution < -0.4 is 5.32 Å². The van der Waals surface area contributed by atoms with Crippen LogP contribution in [0.3, 0.4) is 0 Å². The highest BCUT2D eigenvalue weighted by molar-refractivity contribution is 5.83. The molecule has 1 heterocycles. The van der Waals surface area contributed by atoms with Crippen molar-refractivity contribution in [3.8, 4) is 0 Å². The molecule has 0 fully saturated rings. The lowest BCUT2D eigenvalue weighted by atomic mass is 9.98. The molecular formula is C16H21N3O. The van der Waals surface area contributed by atoms with Crippen molar-refractivity contribution in [1.82, 2.24) is 15.5 Å². The van der Waals surface area contributed by atoms with Gasteiger partial charge < -0.3 is 5.32 Å². The third kappa shape index (κ3) is 3.26. The first-order valence-electron chi connectivity index (χ1n) is 6.92. The van der Waals surface area contributed by atoms with Crippen LogP contribution in [-0.4, -0.2) is 22.6 Å². The van der Waals surface area contributed by atoms with Crippen molar-refractivity contribution in [3.05, 3.63) is 52.8 Å². The standard InChI is InChI=1S/C16H21N3O/c1-11(15-12(2)18-19-13(15)3)16(20)17-10-9-14-7-5-4-6-8-14/h4-8,11H,9-10H2,1-3H3,(H,17,20)(H,18,19)/t11-/m1/s1. The number of carbonyl (C=O) groups excluding carboxylic acids is 1. The predicted octanol–water partition coefficient (Wildman–Crippen LogP) is 2.49. The van der Waals surface area contributed by atoms with Crippen molar-refractivity contribution in [2.75, 3.05) is 6.54 Å². The molecule has 0 bridgehead atoms. The number of aromatic amines is 1. The number of aryl methyl sites for hydroxylation is 2. The van der Waals surface area contributed by atoms with E-state index < -0.39 is 0 Å². The quantitative estimate of drug-likeness (QED) is 0.877. The van der Waals surface area contributed by atoms with E-state index in [2.05, 4.69) is 27.6 Å². The average molecular weight is 271 g/mol. The minimum absolute atomic E-state index is 0.0496. The van der Waals surface area contributed by atoms with Crippen molar-refractivity contribution < 1.29 is 4.79 Å². The summed E-state index contributed by atoms with van der Waals surface area (Å²) >= 11 is 0. The molecule has 4 nitrogen and oxygen atoms in total. The molecule has 2 N–H and O–H groups in total. The number of rotatable bonds is 5. The molecule has 0 saturated carbocycles. The summed E-state index contributed by atoms with van der Waals surface area (Å²) in [6.45, 7) is 6.45. The summed E-state index contributed by atoms with van der Waals surface area (Å²) in [5, 5.41) is 10.1. The molecule has 1 aromatic carbocycles. The molecule has 20 heavy (non-hydrogen) atoms. The first-order chi connectivity index (χ1) is 9.59. The van der Waals surface area contributed by atoms with Crippen molar-refractivity contribution in [1.29, 1.82) is 0 Å². The summed E-state index contributed by atoms with van der Waals surface area (Å²) in [4.78, 5) is 12.2. The maximum atomic E-state index is 12.2. The van der Waals surface area contributed by atoms with E-state index in [1.807, 2.05) is 39.0 Å².